The molecule has 0 amide bonds. The average molecular weight is 350 g/mol. The summed E-state index contributed by atoms with van der Waals surface area (Å²) >= 11 is 0. The van der Waals surface area contributed by atoms with Gasteiger partial charge in [-0.1, -0.05) is 12.1 Å². The molecule has 0 bridgehead atoms. The Hall–Kier alpha value is -2.41. The van der Waals surface area contributed by atoms with Crippen LogP contribution in [0.1, 0.15) is 24.8 Å². The number of carbonyl (C=O) groups excluding carboxylic acids is 3. The molecular weight excluding hydrogens is 328 g/mol. The summed E-state index contributed by atoms with van der Waals surface area (Å²) in [6.45, 7) is 1.40. The Kier molecular flexibility index (Phi) is 5.47. The highest BCUT2D eigenvalue weighted by molar-refractivity contribution is 6.02. The zero-order valence-corrected chi connectivity index (χ0v) is 14.6. The number of methoxy groups -OCH3 is 3. The fourth-order valence-corrected chi connectivity index (χ4v) is 3.50. The standard InChI is InChI=1S/C18H22O7/c1-18(22)9-12(19)14(16(20)24-3)13(15(18)17(21)25-4)10-5-7-11(23-2)8-6-10/h5-8,13-15,22H,9H2,1-4H3/t13-,14+,15-,18+/m1/s1. The molecule has 136 valence electrons. The lowest BCUT2D eigenvalue weighted by molar-refractivity contribution is -0.170. The van der Waals surface area contributed by atoms with Gasteiger partial charge in [0.25, 0.3) is 0 Å². The predicted molar refractivity (Wildman–Crippen MR) is 87.0 cm³/mol. The van der Waals surface area contributed by atoms with E-state index in [2.05, 4.69) is 0 Å². The molecule has 7 heteroatoms. The van der Waals surface area contributed by atoms with Crippen LogP contribution in [0.25, 0.3) is 0 Å². The van der Waals surface area contributed by atoms with Crippen molar-refractivity contribution in [3.8, 4) is 5.75 Å². The van der Waals surface area contributed by atoms with E-state index in [0.717, 1.165) is 0 Å². The van der Waals surface area contributed by atoms with Crippen LogP contribution in [-0.4, -0.2) is 49.8 Å². The highest BCUT2D eigenvalue weighted by Gasteiger charge is 2.56. The van der Waals surface area contributed by atoms with E-state index >= 15 is 0 Å². The first-order valence-corrected chi connectivity index (χ1v) is 7.81. The van der Waals surface area contributed by atoms with Crippen molar-refractivity contribution in [1.29, 1.82) is 0 Å². The lowest BCUT2D eigenvalue weighted by Gasteiger charge is -2.43. The largest absolute Gasteiger partial charge is 0.497 e. The van der Waals surface area contributed by atoms with E-state index in [1.165, 1.54) is 28.3 Å². The van der Waals surface area contributed by atoms with Crippen LogP contribution in [0.5, 0.6) is 5.75 Å². The molecule has 1 aliphatic rings. The summed E-state index contributed by atoms with van der Waals surface area (Å²) < 4.78 is 14.7. The highest BCUT2D eigenvalue weighted by Crippen LogP contribution is 2.46. The van der Waals surface area contributed by atoms with Crippen LogP contribution in [0.4, 0.5) is 0 Å². The molecular formula is C18H22O7. The van der Waals surface area contributed by atoms with Crippen molar-refractivity contribution < 1.29 is 33.7 Å². The topological polar surface area (TPSA) is 99.1 Å². The van der Waals surface area contributed by atoms with E-state index < -0.39 is 41.1 Å². The maximum atomic E-state index is 12.5. The molecule has 1 aromatic rings. The van der Waals surface area contributed by atoms with Gasteiger partial charge in [-0.25, -0.2) is 0 Å². The normalized spacial score (nSPS) is 29.0. The Labute approximate surface area is 145 Å². The summed E-state index contributed by atoms with van der Waals surface area (Å²) in [5.41, 5.74) is -1.10. The molecule has 0 spiro atoms. The minimum atomic E-state index is -1.64. The summed E-state index contributed by atoms with van der Waals surface area (Å²) in [7, 11) is 3.89. The number of aliphatic hydroxyl groups is 1. The lowest BCUT2D eigenvalue weighted by atomic mass is 9.62. The number of esters is 2. The van der Waals surface area contributed by atoms with Crippen LogP contribution in [0, 0.1) is 11.8 Å². The molecule has 1 aromatic carbocycles. The third kappa shape index (κ3) is 3.51. The zero-order chi connectivity index (χ0) is 18.8. The van der Waals surface area contributed by atoms with Gasteiger partial charge in [0, 0.05) is 12.3 Å². The Balaban J connectivity index is 2.61. The van der Waals surface area contributed by atoms with Gasteiger partial charge in [-0.05, 0) is 24.6 Å². The van der Waals surface area contributed by atoms with Crippen molar-refractivity contribution in [3.63, 3.8) is 0 Å². The van der Waals surface area contributed by atoms with Crippen molar-refractivity contribution in [2.24, 2.45) is 11.8 Å². The van der Waals surface area contributed by atoms with Gasteiger partial charge >= 0.3 is 11.9 Å². The molecule has 4 atom stereocenters. The molecule has 0 aromatic heterocycles. The van der Waals surface area contributed by atoms with Crippen LogP contribution in [0.15, 0.2) is 24.3 Å². The van der Waals surface area contributed by atoms with Gasteiger partial charge < -0.3 is 19.3 Å². The van der Waals surface area contributed by atoms with Crippen LogP contribution in [0.3, 0.4) is 0 Å². The maximum Gasteiger partial charge on any atom is 0.316 e. The van der Waals surface area contributed by atoms with E-state index in [0.29, 0.717) is 11.3 Å². The Morgan fingerprint density at radius 2 is 1.64 bits per heavy atom. The first-order chi connectivity index (χ1) is 11.8. The molecule has 25 heavy (non-hydrogen) atoms. The molecule has 1 N–H and O–H groups in total. The lowest BCUT2D eigenvalue weighted by Crippen LogP contribution is -2.55. The Morgan fingerprint density at radius 3 is 2.12 bits per heavy atom. The molecule has 1 saturated carbocycles. The van der Waals surface area contributed by atoms with Gasteiger partial charge in [0.1, 0.15) is 11.7 Å². The highest BCUT2D eigenvalue weighted by atomic mass is 16.5. The Bertz CT molecular complexity index is 663. The second kappa shape index (κ2) is 7.23. The molecule has 0 heterocycles. The third-order valence-electron chi connectivity index (χ3n) is 4.68. The maximum absolute atomic E-state index is 12.5. The second-order valence-corrected chi connectivity index (χ2v) is 6.30. The first kappa shape index (κ1) is 18.9. The van der Waals surface area contributed by atoms with E-state index in [1.807, 2.05) is 0 Å². The molecule has 7 nitrogen and oxygen atoms in total. The van der Waals surface area contributed by atoms with Gasteiger partial charge in [0.2, 0.25) is 0 Å². The number of Topliss-reactive ketones (excluding diaryl/α,β-unsaturated/α-hetero) is 1. The summed E-state index contributed by atoms with van der Waals surface area (Å²) in [5, 5.41) is 10.7. The quantitative estimate of drug-likeness (QED) is 0.641. The minimum Gasteiger partial charge on any atom is -0.497 e. The molecule has 1 fully saturated rings. The van der Waals surface area contributed by atoms with E-state index in [-0.39, 0.29) is 6.42 Å². The molecule has 0 saturated heterocycles. The number of rotatable bonds is 4. The molecule has 0 aliphatic heterocycles. The molecule has 0 radical (unpaired) electrons. The van der Waals surface area contributed by atoms with Crippen LogP contribution >= 0.6 is 0 Å². The fourth-order valence-electron chi connectivity index (χ4n) is 3.50. The van der Waals surface area contributed by atoms with Gasteiger partial charge in [-0.15, -0.1) is 0 Å². The van der Waals surface area contributed by atoms with Crippen molar-refractivity contribution in [2.75, 3.05) is 21.3 Å². The smallest absolute Gasteiger partial charge is 0.316 e. The SMILES string of the molecule is COC(=O)[C@H]1C(=O)C[C@](C)(O)[C@@H](C(=O)OC)[C@@H]1c1ccc(OC)cc1. The molecule has 2 rings (SSSR count). The van der Waals surface area contributed by atoms with E-state index in [4.69, 9.17) is 14.2 Å². The zero-order valence-electron chi connectivity index (χ0n) is 14.6. The second-order valence-electron chi connectivity index (χ2n) is 6.30. The van der Waals surface area contributed by atoms with E-state index in [1.54, 1.807) is 24.3 Å². The van der Waals surface area contributed by atoms with Crippen LogP contribution in [0.2, 0.25) is 0 Å². The fraction of sp³-hybridized carbons (Fsp3) is 0.500. The van der Waals surface area contributed by atoms with Crippen LogP contribution in [-0.2, 0) is 23.9 Å². The van der Waals surface area contributed by atoms with Gasteiger partial charge in [0.05, 0.1) is 32.8 Å². The van der Waals surface area contributed by atoms with Crippen molar-refractivity contribution in [3.05, 3.63) is 29.8 Å². The van der Waals surface area contributed by atoms with Gasteiger partial charge in [0.15, 0.2) is 5.78 Å². The minimum absolute atomic E-state index is 0.334. The first-order valence-electron chi connectivity index (χ1n) is 7.81. The van der Waals surface area contributed by atoms with E-state index in [9.17, 15) is 19.5 Å². The monoisotopic (exact) mass is 350 g/mol. The average Bonchev–Trinajstić information content (AvgIpc) is 2.59. The number of hydrogen-bond donors (Lipinski definition) is 1. The van der Waals surface area contributed by atoms with Crippen molar-refractivity contribution >= 4 is 17.7 Å². The summed E-state index contributed by atoms with van der Waals surface area (Å²) in [5.74, 6) is -4.50. The summed E-state index contributed by atoms with van der Waals surface area (Å²) in [6.07, 6.45) is -0.334. The summed E-state index contributed by atoms with van der Waals surface area (Å²) in [6, 6.07) is 6.63. The summed E-state index contributed by atoms with van der Waals surface area (Å²) in [4.78, 5) is 37.2. The third-order valence-corrected chi connectivity index (χ3v) is 4.68. The van der Waals surface area contributed by atoms with Crippen molar-refractivity contribution in [1.82, 2.24) is 0 Å². The van der Waals surface area contributed by atoms with Crippen molar-refractivity contribution in [2.45, 2.75) is 24.9 Å². The predicted octanol–water partition coefficient (Wildman–Crippen LogP) is 1.08. The number of ether oxygens (including phenoxy) is 3. The number of carbonyl (C=O) groups is 3. The van der Waals surface area contributed by atoms with Gasteiger partial charge in [-0.3, -0.25) is 14.4 Å². The van der Waals surface area contributed by atoms with Gasteiger partial charge in [-0.2, -0.15) is 0 Å². The number of ketones is 1. The molecule has 1 aliphatic carbocycles. The Morgan fingerprint density at radius 1 is 1.08 bits per heavy atom. The molecule has 0 unspecified atom stereocenters. The number of hydrogen-bond acceptors (Lipinski definition) is 7. The number of benzene rings is 1. The van der Waals surface area contributed by atoms with Crippen LogP contribution < -0.4 is 4.74 Å².